The number of hydrogen-bond acceptors (Lipinski definition) is 3. The molecule has 0 saturated carbocycles. The molecule has 1 aliphatic rings. The van der Waals surface area contributed by atoms with E-state index >= 15 is 0 Å². The summed E-state index contributed by atoms with van der Waals surface area (Å²) in [6, 6.07) is 10.5. The van der Waals surface area contributed by atoms with E-state index in [1.165, 1.54) is 12.0 Å². The van der Waals surface area contributed by atoms with Gasteiger partial charge in [-0.05, 0) is 30.6 Å². The van der Waals surface area contributed by atoms with E-state index in [2.05, 4.69) is 30.8 Å². The highest BCUT2D eigenvalue weighted by molar-refractivity contribution is 7.98. The molecule has 1 aromatic rings. The summed E-state index contributed by atoms with van der Waals surface area (Å²) in [5.74, 6) is 2.04. The first-order chi connectivity index (χ1) is 9.25. The molecule has 1 aliphatic heterocycles. The number of ether oxygens (including phenoxy) is 1. The van der Waals surface area contributed by atoms with Crippen LogP contribution in [0.25, 0.3) is 0 Å². The van der Waals surface area contributed by atoms with E-state index in [-0.39, 0.29) is 12.1 Å². The zero-order chi connectivity index (χ0) is 13.5. The van der Waals surface area contributed by atoms with E-state index in [1.54, 1.807) is 0 Å². The van der Waals surface area contributed by atoms with Crippen molar-refractivity contribution in [1.29, 1.82) is 0 Å². The molecule has 2 nitrogen and oxygen atoms in total. The monoisotopic (exact) mass is 276 g/mol. The minimum Gasteiger partial charge on any atom is -0.459 e. The van der Waals surface area contributed by atoms with Crippen LogP contribution in [-0.2, 0) is 15.3 Å². The molecule has 3 heteroatoms. The molecule has 0 N–H and O–H groups in total. The fourth-order valence-corrected chi connectivity index (χ4v) is 3.12. The smallest absolute Gasteiger partial charge is 0.333 e. The molecule has 1 aromatic carbocycles. The Morgan fingerprint density at radius 2 is 2.05 bits per heavy atom. The highest BCUT2D eigenvalue weighted by Crippen LogP contribution is 2.23. The fourth-order valence-electron chi connectivity index (χ4n) is 2.14. The highest BCUT2D eigenvalue weighted by Gasteiger charge is 2.26. The average molecular weight is 276 g/mol. The predicted octanol–water partition coefficient (Wildman–Crippen LogP) is 3.96. The fraction of sp³-hybridized carbons (Fsp3) is 0.438. The third-order valence-electron chi connectivity index (χ3n) is 3.21. The van der Waals surface area contributed by atoms with Gasteiger partial charge in [-0.25, -0.2) is 4.79 Å². The quantitative estimate of drug-likeness (QED) is 0.428. The lowest BCUT2D eigenvalue weighted by Gasteiger charge is -2.07. The van der Waals surface area contributed by atoms with Gasteiger partial charge in [0.1, 0.15) is 6.10 Å². The van der Waals surface area contributed by atoms with Gasteiger partial charge < -0.3 is 4.74 Å². The first kappa shape index (κ1) is 14.2. The van der Waals surface area contributed by atoms with Crippen LogP contribution >= 0.6 is 11.8 Å². The molecule has 0 aromatic heterocycles. The summed E-state index contributed by atoms with van der Waals surface area (Å²) in [5.41, 5.74) is 2.01. The summed E-state index contributed by atoms with van der Waals surface area (Å²) in [5, 5.41) is 0. The first-order valence-electron chi connectivity index (χ1n) is 6.76. The van der Waals surface area contributed by atoms with Crippen molar-refractivity contribution in [2.24, 2.45) is 0 Å². The number of hydrogen-bond donors (Lipinski definition) is 0. The molecule has 2 rings (SSSR count). The van der Waals surface area contributed by atoms with Crippen LogP contribution in [0, 0.1) is 0 Å². The number of esters is 1. The van der Waals surface area contributed by atoms with Crippen LogP contribution in [0.15, 0.2) is 42.5 Å². The maximum atomic E-state index is 11.2. The third kappa shape index (κ3) is 4.75. The van der Waals surface area contributed by atoms with Gasteiger partial charge in [0.15, 0.2) is 0 Å². The van der Waals surface area contributed by atoms with Crippen molar-refractivity contribution in [3.8, 4) is 0 Å². The number of cyclic esters (lactones) is 1. The van der Waals surface area contributed by atoms with Crippen LogP contribution in [0.4, 0.5) is 0 Å². The Bertz CT molecular complexity index is 412. The summed E-state index contributed by atoms with van der Waals surface area (Å²) < 4.78 is 5.20. The van der Waals surface area contributed by atoms with Crippen molar-refractivity contribution >= 4 is 17.7 Å². The van der Waals surface area contributed by atoms with Gasteiger partial charge in [-0.15, -0.1) is 0 Å². The maximum absolute atomic E-state index is 11.2. The Labute approximate surface area is 119 Å². The van der Waals surface area contributed by atoms with Crippen molar-refractivity contribution in [1.82, 2.24) is 0 Å². The lowest BCUT2D eigenvalue weighted by atomic mass is 10.1. The topological polar surface area (TPSA) is 26.3 Å². The summed E-state index contributed by atoms with van der Waals surface area (Å²) >= 11 is 1.96. The third-order valence-corrected chi connectivity index (χ3v) is 4.33. The van der Waals surface area contributed by atoms with Gasteiger partial charge >= 0.3 is 5.97 Å². The molecule has 0 radical (unpaired) electrons. The van der Waals surface area contributed by atoms with Crippen molar-refractivity contribution in [2.75, 3.05) is 5.75 Å². The molecule has 19 heavy (non-hydrogen) atoms. The van der Waals surface area contributed by atoms with E-state index < -0.39 is 0 Å². The van der Waals surface area contributed by atoms with E-state index in [1.807, 2.05) is 17.8 Å². The Morgan fingerprint density at radius 1 is 1.26 bits per heavy atom. The van der Waals surface area contributed by atoms with Crippen molar-refractivity contribution in [3.05, 3.63) is 48.0 Å². The van der Waals surface area contributed by atoms with E-state index in [4.69, 9.17) is 4.74 Å². The van der Waals surface area contributed by atoms with Crippen LogP contribution < -0.4 is 0 Å². The van der Waals surface area contributed by atoms with Gasteiger partial charge in [0.05, 0.1) is 0 Å². The summed E-state index contributed by atoms with van der Waals surface area (Å²) in [7, 11) is 0. The standard InChI is InChI=1S/C16H20O2S/c1-13-11-15(18-16(13)17)9-5-6-10-19-12-14-7-3-2-4-8-14/h2-4,7-8,15H,1,5-6,9-12H2. The molecule has 102 valence electrons. The normalized spacial score (nSPS) is 18.6. The molecule has 1 atom stereocenters. The molecule has 0 bridgehead atoms. The Hall–Kier alpha value is -1.22. The zero-order valence-electron chi connectivity index (χ0n) is 11.1. The van der Waals surface area contributed by atoms with Gasteiger partial charge in [-0.1, -0.05) is 36.9 Å². The molecule has 0 amide bonds. The molecule has 1 heterocycles. The molecule has 1 saturated heterocycles. The van der Waals surface area contributed by atoms with E-state index in [0.717, 1.165) is 30.8 Å². The number of carbonyl (C=O) groups is 1. The zero-order valence-corrected chi connectivity index (χ0v) is 12.0. The molecule has 1 fully saturated rings. The lowest BCUT2D eigenvalue weighted by molar-refractivity contribution is -0.139. The number of benzene rings is 1. The molecular formula is C16H20O2S. The van der Waals surface area contributed by atoms with Crippen LogP contribution in [0.2, 0.25) is 0 Å². The van der Waals surface area contributed by atoms with Crippen LogP contribution in [0.5, 0.6) is 0 Å². The van der Waals surface area contributed by atoms with Crippen LogP contribution in [-0.4, -0.2) is 17.8 Å². The largest absolute Gasteiger partial charge is 0.459 e. The van der Waals surface area contributed by atoms with Gasteiger partial charge in [0, 0.05) is 17.7 Å². The van der Waals surface area contributed by atoms with Gasteiger partial charge in [-0.2, -0.15) is 11.8 Å². The van der Waals surface area contributed by atoms with Crippen molar-refractivity contribution in [3.63, 3.8) is 0 Å². The van der Waals surface area contributed by atoms with E-state index in [9.17, 15) is 4.79 Å². The second-order valence-electron chi connectivity index (χ2n) is 4.87. The number of carbonyl (C=O) groups excluding carboxylic acids is 1. The number of unbranched alkanes of at least 4 members (excludes halogenated alkanes) is 1. The Morgan fingerprint density at radius 3 is 2.74 bits per heavy atom. The predicted molar refractivity (Wildman–Crippen MR) is 80.1 cm³/mol. The molecular weight excluding hydrogens is 256 g/mol. The van der Waals surface area contributed by atoms with E-state index in [0.29, 0.717) is 5.57 Å². The molecule has 1 unspecified atom stereocenters. The summed E-state index contributed by atoms with van der Waals surface area (Å²) in [6.45, 7) is 3.70. The van der Waals surface area contributed by atoms with Gasteiger partial charge in [0.2, 0.25) is 0 Å². The number of thioether (sulfide) groups is 1. The Kier molecular flexibility index (Phi) is 5.52. The first-order valence-corrected chi connectivity index (χ1v) is 7.91. The minimum absolute atomic E-state index is 0.0825. The average Bonchev–Trinajstić information content (AvgIpc) is 2.74. The lowest BCUT2D eigenvalue weighted by Crippen LogP contribution is -2.06. The van der Waals surface area contributed by atoms with Crippen molar-refractivity contribution in [2.45, 2.75) is 37.5 Å². The maximum Gasteiger partial charge on any atom is 0.333 e. The SMILES string of the molecule is C=C1CC(CCCCSCc2ccccc2)OC1=O. The second kappa shape index (κ2) is 7.39. The van der Waals surface area contributed by atoms with Crippen molar-refractivity contribution < 1.29 is 9.53 Å². The number of rotatable bonds is 7. The van der Waals surface area contributed by atoms with Crippen LogP contribution in [0.1, 0.15) is 31.2 Å². The highest BCUT2D eigenvalue weighted by atomic mass is 32.2. The summed E-state index contributed by atoms with van der Waals surface area (Å²) in [6.07, 6.45) is 4.07. The molecule has 0 aliphatic carbocycles. The Balaban J connectivity index is 1.51. The van der Waals surface area contributed by atoms with Gasteiger partial charge in [0.25, 0.3) is 0 Å². The second-order valence-corrected chi connectivity index (χ2v) is 5.97. The van der Waals surface area contributed by atoms with Crippen LogP contribution in [0.3, 0.4) is 0 Å². The minimum atomic E-state index is -0.205. The summed E-state index contributed by atoms with van der Waals surface area (Å²) in [4.78, 5) is 11.2. The van der Waals surface area contributed by atoms with Gasteiger partial charge in [-0.3, -0.25) is 0 Å². The molecule has 0 spiro atoms.